The monoisotopic (exact) mass is 274 g/mol. The van der Waals surface area contributed by atoms with E-state index in [2.05, 4.69) is 11.4 Å². The van der Waals surface area contributed by atoms with Crippen LogP contribution in [-0.4, -0.2) is 6.54 Å². The third-order valence-corrected chi connectivity index (χ3v) is 3.08. The lowest BCUT2D eigenvalue weighted by atomic mass is 10.1. The zero-order valence-corrected chi connectivity index (χ0v) is 10.9. The number of benzene rings is 2. The van der Waals surface area contributed by atoms with E-state index < -0.39 is 0 Å². The molecular formula is C15H12ClFN2. The van der Waals surface area contributed by atoms with Crippen LogP contribution in [0.1, 0.15) is 11.1 Å². The highest BCUT2D eigenvalue weighted by atomic mass is 35.5. The number of halogens is 2. The largest absolute Gasteiger partial charge is 0.384 e. The smallest absolute Gasteiger partial charge is 0.123 e. The Hall–Kier alpha value is -2.05. The second-order valence-electron chi connectivity index (χ2n) is 4.08. The van der Waals surface area contributed by atoms with Crippen molar-refractivity contribution in [3.05, 3.63) is 64.4 Å². The van der Waals surface area contributed by atoms with Gasteiger partial charge in [0.25, 0.3) is 0 Å². The molecule has 19 heavy (non-hydrogen) atoms. The Morgan fingerprint density at radius 1 is 1.16 bits per heavy atom. The molecule has 2 nitrogen and oxygen atoms in total. The van der Waals surface area contributed by atoms with Crippen LogP contribution in [0, 0.1) is 17.1 Å². The number of rotatable bonds is 4. The van der Waals surface area contributed by atoms with Gasteiger partial charge in [0, 0.05) is 6.54 Å². The van der Waals surface area contributed by atoms with Crippen molar-refractivity contribution in [3.8, 4) is 6.07 Å². The van der Waals surface area contributed by atoms with Crippen molar-refractivity contribution in [2.75, 3.05) is 11.9 Å². The second kappa shape index (κ2) is 6.21. The van der Waals surface area contributed by atoms with Crippen molar-refractivity contribution in [1.29, 1.82) is 5.26 Å². The van der Waals surface area contributed by atoms with Crippen LogP contribution in [0.5, 0.6) is 0 Å². The summed E-state index contributed by atoms with van der Waals surface area (Å²) in [7, 11) is 0. The van der Waals surface area contributed by atoms with Gasteiger partial charge in [0.05, 0.1) is 16.3 Å². The summed E-state index contributed by atoms with van der Waals surface area (Å²) in [6, 6.07) is 13.8. The van der Waals surface area contributed by atoms with E-state index in [1.54, 1.807) is 24.3 Å². The Kier molecular flexibility index (Phi) is 4.38. The number of nitriles is 1. The normalized spacial score (nSPS) is 9.95. The Bertz CT molecular complexity index is 603. The molecule has 2 aromatic rings. The maximum absolute atomic E-state index is 12.8. The average Bonchev–Trinajstić information content (AvgIpc) is 2.41. The molecule has 2 rings (SSSR count). The van der Waals surface area contributed by atoms with Gasteiger partial charge < -0.3 is 5.32 Å². The van der Waals surface area contributed by atoms with Crippen LogP contribution in [0.4, 0.5) is 10.1 Å². The topological polar surface area (TPSA) is 35.8 Å². The highest BCUT2D eigenvalue weighted by Gasteiger charge is 2.05. The van der Waals surface area contributed by atoms with Crippen LogP contribution in [0.3, 0.4) is 0 Å². The number of hydrogen-bond donors (Lipinski definition) is 1. The number of nitrogens with one attached hydrogen (secondary N) is 1. The van der Waals surface area contributed by atoms with Crippen molar-refractivity contribution >= 4 is 17.3 Å². The summed E-state index contributed by atoms with van der Waals surface area (Å²) in [6.45, 7) is 0.653. The van der Waals surface area contributed by atoms with Crippen molar-refractivity contribution < 1.29 is 4.39 Å². The van der Waals surface area contributed by atoms with E-state index in [-0.39, 0.29) is 5.82 Å². The van der Waals surface area contributed by atoms with Crippen LogP contribution >= 0.6 is 11.6 Å². The molecule has 1 N–H and O–H groups in total. The van der Waals surface area contributed by atoms with E-state index in [1.165, 1.54) is 12.1 Å². The molecule has 0 aliphatic rings. The number of anilines is 1. The standard InChI is InChI=1S/C15H12ClFN2/c16-14-2-1-3-15(13(14)10-18)19-9-8-11-4-6-12(17)7-5-11/h1-7,19H,8-9H2. The van der Waals surface area contributed by atoms with Crippen molar-refractivity contribution in [2.45, 2.75) is 6.42 Å². The fourth-order valence-electron chi connectivity index (χ4n) is 1.78. The Morgan fingerprint density at radius 3 is 2.58 bits per heavy atom. The third-order valence-electron chi connectivity index (χ3n) is 2.77. The molecule has 0 saturated heterocycles. The van der Waals surface area contributed by atoms with E-state index in [4.69, 9.17) is 16.9 Å². The first-order valence-corrected chi connectivity index (χ1v) is 6.25. The van der Waals surface area contributed by atoms with E-state index in [9.17, 15) is 4.39 Å². The molecule has 4 heteroatoms. The summed E-state index contributed by atoms with van der Waals surface area (Å²) in [5.74, 6) is -0.238. The first kappa shape index (κ1) is 13.4. The molecule has 0 saturated carbocycles. The van der Waals surface area contributed by atoms with Gasteiger partial charge in [-0.15, -0.1) is 0 Å². The van der Waals surface area contributed by atoms with Gasteiger partial charge >= 0.3 is 0 Å². The van der Waals surface area contributed by atoms with Crippen LogP contribution in [0.25, 0.3) is 0 Å². The third kappa shape index (κ3) is 3.46. The lowest BCUT2D eigenvalue weighted by Gasteiger charge is -2.09. The summed E-state index contributed by atoms with van der Waals surface area (Å²) in [5, 5.41) is 12.6. The molecule has 96 valence electrons. The first-order valence-electron chi connectivity index (χ1n) is 5.87. The van der Waals surface area contributed by atoms with Gasteiger partial charge in [-0.3, -0.25) is 0 Å². The quantitative estimate of drug-likeness (QED) is 0.914. The van der Waals surface area contributed by atoms with Gasteiger partial charge in [0.1, 0.15) is 11.9 Å². The lowest BCUT2D eigenvalue weighted by Crippen LogP contribution is -2.06. The Morgan fingerprint density at radius 2 is 1.89 bits per heavy atom. The van der Waals surface area contributed by atoms with E-state index in [0.717, 1.165) is 17.7 Å². The highest BCUT2D eigenvalue weighted by Crippen LogP contribution is 2.23. The SMILES string of the molecule is N#Cc1c(Cl)cccc1NCCc1ccc(F)cc1. The van der Waals surface area contributed by atoms with Crippen LogP contribution in [-0.2, 0) is 6.42 Å². The van der Waals surface area contributed by atoms with Gasteiger partial charge in [-0.05, 0) is 36.2 Å². The molecule has 0 aliphatic heterocycles. The first-order chi connectivity index (χ1) is 9.20. The highest BCUT2D eigenvalue weighted by molar-refractivity contribution is 6.32. The summed E-state index contributed by atoms with van der Waals surface area (Å²) in [4.78, 5) is 0. The van der Waals surface area contributed by atoms with Crippen molar-refractivity contribution in [3.63, 3.8) is 0 Å². The maximum atomic E-state index is 12.8. The lowest BCUT2D eigenvalue weighted by molar-refractivity contribution is 0.627. The van der Waals surface area contributed by atoms with E-state index in [0.29, 0.717) is 17.1 Å². The minimum absolute atomic E-state index is 0.238. The van der Waals surface area contributed by atoms with E-state index >= 15 is 0 Å². The fourth-order valence-corrected chi connectivity index (χ4v) is 1.99. The molecule has 0 atom stereocenters. The molecule has 0 aliphatic carbocycles. The predicted molar refractivity (Wildman–Crippen MR) is 74.8 cm³/mol. The minimum atomic E-state index is -0.238. The zero-order valence-electron chi connectivity index (χ0n) is 10.2. The molecule has 2 aromatic carbocycles. The second-order valence-corrected chi connectivity index (χ2v) is 4.48. The molecule has 0 unspecified atom stereocenters. The van der Waals surface area contributed by atoms with Gasteiger partial charge in [0.15, 0.2) is 0 Å². The molecule has 0 radical (unpaired) electrons. The molecule has 0 spiro atoms. The van der Waals surface area contributed by atoms with Gasteiger partial charge in [-0.25, -0.2) is 4.39 Å². The van der Waals surface area contributed by atoms with Gasteiger partial charge in [0.2, 0.25) is 0 Å². The van der Waals surface area contributed by atoms with Crippen molar-refractivity contribution in [1.82, 2.24) is 0 Å². The molecule has 0 aromatic heterocycles. The van der Waals surface area contributed by atoms with Gasteiger partial charge in [-0.1, -0.05) is 29.8 Å². The van der Waals surface area contributed by atoms with Crippen LogP contribution in [0.15, 0.2) is 42.5 Å². The zero-order chi connectivity index (χ0) is 13.7. The van der Waals surface area contributed by atoms with E-state index in [1.807, 2.05) is 6.07 Å². The average molecular weight is 275 g/mol. The molecule has 0 amide bonds. The fraction of sp³-hybridized carbons (Fsp3) is 0.133. The number of hydrogen-bond acceptors (Lipinski definition) is 2. The van der Waals surface area contributed by atoms with Gasteiger partial charge in [-0.2, -0.15) is 5.26 Å². The Balaban J connectivity index is 1.98. The molecule has 0 fully saturated rings. The molecular weight excluding hydrogens is 263 g/mol. The molecule has 0 bridgehead atoms. The summed E-state index contributed by atoms with van der Waals surface area (Å²) in [6.07, 6.45) is 0.748. The van der Waals surface area contributed by atoms with Crippen LogP contribution < -0.4 is 5.32 Å². The summed E-state index contributed by atoms with van der Waals surface area (Å²) >= 11 is 5.94. The molecule has 0 heterocycles. The summed E-state index contributed by atoms with van der Waals surface area (Å²) in [5.41, 5.74) is 2.20. The predicted octanol–water partition coefficient (Wildman–Crippen LogP) is 4.01. The minimum Gasteiger partial charge on any atom is -0.384 e. The Labute approximate surface area is 116 Å². The van der Waals surface area contributed by atoms with Crippen molar-refractivity contribution in [2.24, 2.45) is 0 Å². The van der Waals surface area contributed by atoms with Crippen LogP contribution in [0.2, 0.25) is 5.02 Å². The maximum Gasteiger partial charge on any atom is 0.123 e. The number of nitrogens with zero attached hydrogens (tertiary/aromatic N) is 1. The summed E-state index contributed by atoms with van der Waals surface area (Å²) < 4.78 is 12.8.